The number of aromatic nitrogens is 3. The Kier molecular flexibility index (Phi) is 3.60. The lowest BCUT2D eigenvalue weighted by atomic mass is 9.94. The fraction of sp³-hybridized carbons (Fsp3) is 0.438. The SMILES string of the molecule is Cc1ccc(Cn2nc3n(c2=O)C(C(=O)O)CC(C)C3)cc1. The Bertz CT molecular complexity index is 758. The van der Waals surface area contributed by atoms with Crippen LogP contribution in [0.4, 0.5) is 0 Å². The molecule has 1 aliphatic rings. The van der Waals surface area contributed by atoms with Gasteiger partial charge in [-0.15, -0.1) is 0 Å². The van der Waals surface area contributed by atoms with Crippen LogP contribution in [0, 0.1) is 12.8 Å². The van der Waals surface area contributed by atoms with Crippen LogP contribution in [0.25, 0.3) is 0 Å². The first-order valence-corrected chi connectivity index (χ1v) is 7.42. The number of rotatable bonds is 3. The first kappa shape index (κ1) is 14.6. The van der Waals surface area contributed by atoms with E-state index in [1.165, 1.54) is 9.25 Å². The van der Waals surface area contributed by atoms with Crippen LogP contribution in [0.3, 0.4) is 0 Å². The Morgan fingerprint density at radius 1 is 1.36 bits per heavy atom. The van der Waals surface area contributed by atoms with Gasteiger partial charge in [0.15, 0.2) is 0 Å². The second kappa shape index (κ2) is 5.44. The zero-order valence-electron chi connectivity index (χ0n) is 12.7. The van der Waals surface area contributed by atoms with Gasteiger partial charge in [-0.1, -0.05) is 36.8 Å². The van der Waals surface area contributed by atoms with Gasteiger partial charge in [0, 0.05) is 6.42 Å². The maximum Gasteiger partial charge on any atom is 0.347 e. The molecule has 3 rings (SSSR count). The molecule has 0 saturated heterocycles. The van der Waals surface area contributed by atoms with E-state index in [0.717, 1.165) is 11.1 Å². The lowest BCUT2D eigenvalue weighted by Crippen LogP contribution is -2.36. The van der Waals surface area contributed by atoms with Crippen LogP contribution >= 0.6 is 0 Å². The second-order valence-electron chi connectivity index (χ2n) is 6.11. The summed E-state index contributed by atoms with van der Waals surface area (Å²) in [6, 6.07) is 7.07. The third-order valence-corrected chi connectivity index (χ3v) is 4.15. The molecule has 1 N–H and O–H groups in total. The topological polar surface area (TPSA) is 77.1 Å². The number of aliphatic carboxylic acids is 1. The van der Waals surface area contributed by atoms with Gasteiger partial charge in [0.1, 0.15) is 11.9 Å². The van der Waals surface area contributed by atoms with E-state index in [1.807, 2.05) is 38.1 Å². The van der Waals surface area contributed by atoms with Crippen LogP contribution in [0.15, 0.2) is 29.1 Å². The number of fused-ring (bicyclic) bond motifs is 1. The van der Waals surface area contributed by atoms with Gasteiger partial charge >= 0.3 is 11.7 Å². The van der Waals surface area contributed by atoms with Gasteiger partial charge in [0.05, 0.1) is 6.54 Å². The number of carboxylic acids is 1. The summed E-state index contributed by atoms with van der Waals surface area (Å²) in [6.45, 7) is 4.35. The summed E-state index contributed by atoms with van der Waals surface area (Å²) < 4.78 is 2.71. The average molecular weight is 301 g/mol. The number of carboxylic acid groups (broad SMARTS) is 1. The van der Waals surface area contributed by atoms with E-state index in [2.05, 4.69) is 5.10 Å². The highest BCUT2D eigenvalue weighted by Gasteiger charge is 2.33. The van der Waals surface area contributed by atoms with E-state index in [4.69, 9.17) is 0 Å². The molecule has 6 heteroatoms. The highest BCUT2D eigenvalue weighted by atomic mass is 16.4. The molecule has 2 heterocycles. The third-order valence-electron chi connectivity index (χ3n) is 4.15. The Morgan fingerprint density at radius 2 is 2.05 bits per heavy atom. The Hall–Kier alpha value is -2.37. The number of benzene rings is 1. The van der Waals surface area contributed by atoms with Crippen molar-refractivity contribution < 1.29 is 9.90 Å². The minimum absolute atomic E-state index is 0.211. The van der Waals surface area contributed by atoms with E-state index >= 15 is 0 Å². The van der Waals surface area contributed by atoms with Gasteiger partial charge in [0.2, 0.25) is 0 Å². The zero-order chi connectivity index (χ0) is 15.9. The summed E-state index contributed by atoms with van der Waals surface area (Å²) in [6.07, 6.45) is 1.11. The minimum atomic E-state index is -0.968. The lowest BCUT2D eigenvalue weighted by molar-refractivity contribution is -0.142. The van der Waals surface area contributed by atoms with Crippen LogP contribution in [0.2, 0.25) is 0 Å². The van der Waals surface area contributed by atoms with Crippen molar-refractivity contribution >= 4 is 5.97 Å². The third kappa shape index (κ3) is 2.56. The maximum atomic E-state index is 12.5. The van der Waals surface area contributed by atoms with Gasteiger partial charge in [-0.2, -0.15) is 5.10 Å². The second-order valence-corrected chi connectivity index (χ2v) is 6.11. The molecule has 0 spiro atoms. The molecule has 6 nitrogen and oxygen atoms in total. The van der Waals surface area contributed by atoms with Gasteiger partial charge in [-0.25, -0.2) is 14.3 Å². The predicted octanol–water partition coefficient (Wildman–Crippen LogP) is 1.61. The molecular formula is C16H19N3O3. The van der Waals surface area contributed by atoms with Crippen molar-refractivity contribution in [3.05, 3.63) is 51.7 Å². The molecule has 2 unspecified atom stereocenters. The number of hydrogen-bond donors (Lipinski definition) is 1. The molecule has 2 atom stereocenters. The molecule has 116 valence electrons. The Morgan fingerprint density at radius 3 is 2.68 bits per heavy atom. The molecule has 0 aliphatic carbocycles. The van der Waals surface area contributed by atoms with Crippen LogP contribution in [-0.4, -0.2) is 25.4 Å². The molecule has 0 fully saturated rings. The van der Waals surface area contributed by atoms with Crippen molar-refractivity contribution in [2.75, 3.05) is 0 Å². The normalized spacial score (nSPS) is 20.6. The highest BCUT2D eigenvalue weighted by molar-refractivity contribution is 5.72. The summed E-state index contributed by atoms with van der Waals surface area (Å²) in [7, 11) is 0. The summed E-state index contributed by atoms with van der Waals surface area (Å²) in [4.78, 5) is 23.9. The molecule has 0 bridgehead atoms. The fourth-order valence-electron chi connectivity index (χ4n) is 2.98. The van der Waals surface area contributed by atoms with E-state index in [1.54, 1.807) is 0 Å². The van der Waals surface area contributed by atoms with Crippen LogP contribution in [-0.2, 0) is 17.8 Å². The minimum Gasteiger partial charge on any atom is -0.480 e. The summed E-state index contributed by atoms with van der Waals surface area (Å²) in [5.41, 5.74) is 1.79. The van der Waals surface area contributed by atoms with Crippen molar-refractivity contribution in [1.82, 2.24) is 14.3 Å². The summed E-state index contributed by atoms with van der Waals surface area (Å²) in [5.74, 6) is -0.184. The van der Waals surface area contributed by atoms with Gasteiger partial charge in [-0.05, 0) is 24.8 Å². The van der Waals surface area contributed by atoms with E-state index < -0.39 is 12.0 Å². The zero-order valence-corrected chi connectivity index (χ0v) is 12.7. The first-order valence-electron chi connectivity index (χ1n) is 7.42. The quantitative estimate of drug-likeness (QED) is 0.934. The molecule has 0 amide bonds. The highest BCUT2D eigenvalue weighted by Crippen LogP contribution is 2.26. The standard InChI is InChI=1S/C16H19N3O3/c1-10-3-5-12(6-4-10)9-18-16(22)19-13(15(20)21)7-11(2)8-14(19)17-18/h3-6,11,13H,7-9H2,1-2H3,(H,20,21). The molecule has 0 saturated carbocycles. The molecule has 1 aliphatic heterocycles. The Labute approximate surface area is 128 Å². The maximum absolute atomic E-state index is 12.5. The van der Waals surface area contributed by atoms with Gasteiger partial charge < -0.3 is 5.11 Å². The number of hydrogen-bond acceptors (Lipinski definition) is 3. The predicted molar refractivity (Wildman–Crippen MR) is 80.9 cm³/mol. The van der Waals surface area contributed by atoms with Crippen LogP contribution in [0.5, 0.6) is 0 Å². The smallest absolute Gasteiger partial charge is 0.347 e. The molecule has 1 aromatic heterocycles. The fourth-order valence-corrected chi connectivity index (χ4v) is 2.98. The number of nitrogens with zero attached hydrogens (tertiary/aromatic N) is 3. The van der Waals surface area contributed by atoms with Crippen molar-refractivity contribution in [2.24, 2.45) is 5.92 Å². The van der Waals surface area contributed by atoms with E-state index in [9.17, 15) is 14.7 Å². The molecule has 22 heavy (non-hydrogen) atoms. The van der Waals surface area contributed by atoms with Crippen molar-refractivity contribution in [2.45, 2.75) is 39.3 Å². The molecule has 2 aromatic rings. The largest absolute Gasteiger partial charge is 0.480 e. The number of aryl methyl sites for hydroxylation is 1. The average Bonchev–Trinajstić information content (AvgIpc) is 2.76. The molecule has 1 aromatic carbocycles. The summed E-state index contributed by atoms with van der Waals surface area (Å²) in [5, 5.41) is 13.7. The van der Waals surface area contributed by atoms with Crippen molar-refractivity contribution in [1.29, 1.82) is 0 Å². The van der Waals surface area contributed by atoms with Crippen molar-refractivity contribution in [3.8, 4) is 0 Å². The van der Waals surface area contributed by atoms with E-state index in [0.29, 0.717) is 25.2 Å². The first-order chi connectivity index (χ1) is 10.5. The molecule has 0 radical (unpaired) electrons. The van der Waals surface area contributed by atoms with Gasteiger partial charge in [0.25, 0.3) is 0 Å². The van der Waals surface area contributed by atoms with E-state index in [-0.39, 0.29) is 11.6 Å². The Balaban J connectivity index is 1.98. The molecular weight excluding hydrogens is 282 g/mol. The van der Waals surface area contributed by atoms with Crippen molar-refractivity contribution in [3.63, 3.8) is 0 Å². The van der Waals surface area contributed by atoms with Gasteiger partial charge in [-0.3, -0.25) is 4.57 Å². The number of carbonyl (C=O) groups is 1. The summed E-state index contributed by atoms with van der Waals surface area (Å²) >= 11 is 0. The lowest BCUT2D eigenvalue weighted by Gasteiger charge is -2.24. The van der Waals surface area contributed by atoms with Crippen LogP contribution in [0.1, 0.15) is 36.3 Å². The monoisotopic (exact) mass is 301 g/mol. The van der Waals surface area contributed by atoms with Crippen LogP contribution < -0.4 is 5.69 Å².